The molecule has 31 heavy (non-hydrogen) atoms. The number of carbonyl (C=O) groups is 2. The normalized spacial score (nSPS) is 17.9. The van der Waals surface area contributed by atoms with Crippen molar-refractivity contribution in [2.24, 2.45) is 5.92 Å². The Hall–Kier alpha value is -2.69. The highest BCUT2D eigenvalue weighted by Crippen LogP contribution is 2.21. The van der Waals surface area contributed by atoms with E-state index in [1.165, 1.54) is 25.5 Å². The summed E-state index contributed by atoms with van der Waals surface area (Å²) in [6.07, 6.45) is 2.83. The Balaban J connectivity index is 1.59. The number of nitrogens with one attached hydrogen (secondary N) is 2. The summed E-state index contributed by atoms with van der Waals surface area (Å²) in [6.45, 7) is 2.84. The van der Waals surface area contributed by atoms with Gasteiger partial charge in [-0.15, -0.1) is 0 Å². The zero-order valence-corrected chi connectivity index (χ0v) is 18.4. The highest BCUT2D eigenvalue weighted by Gasteiger charge is 2.30. The largest absolute Gasteiger partial charge is 0.459 e. The van der Waals surface area contributed by atoms with Gasteiger partial charge in [0.2, 0.25) is 15.9 Å². The predicted molar refractivity (Wildman–Crippen MR) is 114 cm³/mol. The van der Waals surface area contributed by atoms with Crippen LogP contribution in [-0.2, 0) is 19.6 Å². The molecular formula is C21H27N3O6S. The van der Waals surface area contributed by atoms with Crippen molar-refractivity contribution in [1.82, 2.24) is 9.62 Å². The molecule has 1 fully saturated rings. The Morgan fingerprint density at radius 1 is 1.26 bits per heavy atom. The van der Waals surface area contributed by atoms with E-state index in [4.69, 9.17) is 9.15 Å². The van der Waals surface area contributed by atoms with E-state index in [0.29, 0.717) is 31.6 Å². The number of carbonyl (C=O) groups excluding carboxylic acids is 2. The van der Waals surface area contributed by atoms with Gasteiger partial charge in [0, 0.05) is 31.9 Å². The Morgan fingerprint density at radius 3 is 2.65 bits per heavy atom. The molecule has 0 saturated carbocycles. The third-order valence-electron chi connectivity index (χ3n) is 5.02. The van der Waals surface area contributed by atoms with Gasteiger partial charge >= 0.3 is 0 Å². The van der Waals surface area contributed by atoms with E-state index in [2.05, 4.69) is 10.0 Å². The second kappa shape index (κ2) is 10.1. The molecule has 3 rings (SSSR count). The molecule has 2 N–H and O–H groups in total. The molecule has 0 spiro atoms. The third kappa shape index (κ3) is 5.93. The first-order valence-electron chi connectivity index (χ1n) is 10.0. The van der Waals surface area contributed by atoms with E-state index in [1.807, 2.05) is 0 Å². The minimum Gasteiger partial charge on any atom is -0.459 e. The lowest BCUT2D eigenvalue weighted by Gasteiger charge is -2.31. The average Bonchev–Trinajstić information content (AvgIpc) is 3.28. The smallest absolute Gasteiger partial charge is 0.289 e. The summed E-state index contributed by atoms with van der Waals surface area (Å²) >= 11 is 0. The Kier molecular flexibility index (Phi) is 7.47. The Morgan fingerprint density at radius 2 is 2.00 bits per heavy atom. The lowest BCUT2D eigenvalue weighted by Crippen LogP contribution is -2.43. The van der Waals surface area contributed by atoms with Crippen molar-refractivity contribution in [3.8, 4) is 0 Å². The molecule has 2 atom stereocenters. The predicted octanol–water partition coefficient (Wildman–Crippen LogP) is 2.08. The fraction of sp³-hybridized carbons (Fsp3) is 0.429. The first-order valence-corrected chi connectivity index (χ1v) is 11.5. The van der Waals surface area contributed by atoms with Gasteiger partial charge in [0.1, 0.15) is 0 Å². The molecular weight excluding hydrogens is 422 g/mol. The number of furan rings is 1. The van der Waals surface area contributed by atoms with Gasteiger partial charge in [-0.25, -0.2) is 13.1 Å². The summed E-state index contributed by atoms with van der Waals surface area (Å²) in [5.74, 6) is -0.537. The standard InChI is InChI=1S/C21H27N3O6S/c1-15(14-29-2)23-31(27,28)18-9-7-17(8-10-18)22-20(25)16-5-3-11-24(13-16)21(26)19-6-4-12-30-19/h4,6-10,12,15-16,23H,3,5,11,13-14H2,1-2H3,(H,22,25)/t15-,16-/m1/s1. The number of ether oxygens (including phenoxy) is 1. The zero-order valence-electron chi connectivity index (χ0n) is 17.5. The van der Waals surface area contributed by atoms with Crippen molar-refractivity contribution in [3.63, 3.8) is 0 Å². The molecule has 168 valence electrons. The van der Waals surface area contributed by atoms with Crippen molar-refractivity contribution in [2.75, 3.05) is 32.1 Å². The summed E-state index contributed by atoms with van der Waals surface area (Å²) in [6, 6.07) is 8.85. The van der Waals surface area contributed by atoms with E-state index in [1.54, 1.807) is 36.1 Å². The van der Waals surface area contributed by atoms with Gasteiger partial charge in [-0.2, -0.15) is 0 Å². The Labute approximate surface area is 181 Å². The van der Waals surface area contributed by atoms with Gasteiger partial charge in [-0.05, 0) is 56.2 Å². The van der Waals surface area contributed by atoms with E-state index in [-0.39, 0.29) is 41.0 Å². The molecule has 1 aliphatic heterocycles. The van der Waals surface area contributed by atoms with Gasteiger partial charge < -0.3 is 19.4 Å². The molecule has 10 heteroatoms. The van der Waals surface area contributed by atoms with Crippen LogP contribution >= 0.6 is 0 Å². The molecule has 0 unspecified atom stereocenters. The van der Waals surface area contributed by atoms with E-state index >= 15 is 0 Å². The SMILES string of the molecule is COC[C@@H](C)NS(=O)(=O)c1ccc(NC(=O)[C@@H]2CCCN(C(=O)c3ccco3)C2)cc1. The molecule has 0 radical (unpaired) electrons. The molecule has 1 aliphatic rings. The van der Waals surface area contributed by atoms with Gasteiger partial charge in [0.05, 0.1) is 23.7 Å². The summed E-state index contributed by atoms with van der Waals surface area (Å²) < 4.78 is 37.4. The van der Waals surface area contributed by atoms with Crippen LogP contribution in [0.1, 0.15) is 30.3 Å². The summed E-state index contributed by atoms with van der Waals surface area (Å²) in [5.41, 5.74) is 0.489. The average molecular weight is 450 g/mol. The number of piperidine rings is 1. The van der Waals surface area contributed by atoms with Crippen molar-refractivity contribution in [3.05, 3.63) is 48.4 Å². The molecule has 2 heterocycles. The number of hydrogen-bond acceptors (Lipinski definition) is 6. The lowest BCUT2D eigenvalue weighted by molar-refractivity contribution is -0.121. The molecule has 2 amide bonds. The summed E-state index contributed by atoms with van der Waals surface area (Å²) in [7, 11) is -2.18. The molecule has 1 aromatic carbocycles. The van der Waals surface area contributed by atoms with Crippen molar-refractivity contribution >= 4 is 27.5 Å². The first kappa shape index (κ1) is 23.0. The highest BCUT2D eigenvalue weighted by molar-refractivity contribution is 7.89. The number of amides is 2. The van der Waals surface area contributed by atoms with Crippen molar-refractivity contribution in [2.45, 2.75) is 30.7 Å². The molecule has 1 saturated heterocycles. The second-order valence-corrected chi connectivity index (χ2v) is 9.27. The number of benzene rings is 1. The zero-order chi connectivity index (χ0) is 22.4. The first-order chi connectivity index (χ1) is 14.8. The maximum absolute atomic E-state index is 12.7. The van der Waals surface area contributed by atoms with E-state index < -0.39 is 10.0 Å². The fourth-order valence-electron chi connectivity index (χ4n) is 3.51. The minimum atomic E-state index is -3.68. The number of anilines is 1. The number of nitrogens with zero attached hydrogens (tertiary/aromatic N) is 1. The summed E-state index contributed by atoms with van der Waals surface area (Å²) in [5, 5.41) is 2.81. The quantitative estimate of drug-likeness (QED) is 0.637. The van der Waals surface area contributed by atoms with Crippen LogP contribution in [0.15, 0.2) is 52.0 Å². The number of hydrogen-bond donors (Lipinski definition) is 2. The number of methoxy groups -OCH3 is 1. The monoisotopic (exact) mass is 449 g/mol. The van der Waals surface area contributed by atoms with Crippen LogP contribution in [0.25, 0.3) is 0 Å². The van der Waals surface area contributed by atoms with Gasteiger partial charge in [-0.3, -0.25) is 9.59 Å². The lowest BCUT2D eigenvalue weighted by atomic mass is 9.96. The number of sulfonamides is 1. The molecule has 2 aromatic rings. The summed E-state index contributed by atoms with van der Waals surface area (Å²) in [4.78, 5) is 26.9. The van der Waals surface area contributed by atoms with Crippen LogP contribution in [0.4, 0.5) is 5.69 Å². The maximum atomic E-state index is 12.7. The van der Waals surface area contributed by atoms with Gasteiger partial charge in [0.25, 0.3) is 5.91 Å². The van der Waals surface area contributed by atoms with Gasteiger partial charge in [0.15, 0.2) is 5.76 Å². The minimum absolute atomic E-state index is 0.0985. The van der Waals surface area contributed by atoms with E-state index in [9.17, 15) is 18.0 Å². The second-order valence-electron chi connectivity index (χ2n) is 7.56. The highest BCUT2D eigenvalue weighted by atomic mass is 32.2. The topological polar surface area (TPSA) is 118 Å². The van der Waals surface area contributed by atoms with Gasteiger partial charge in [-0.1, -0.05) is 0 Å². The van der Waals surface area contributed by atoms with Crippen LogP contribution in [0.2, 0.25) is 0 Å². The number of rotatable bonds is 8. The maximum Gasteiger partial charge on any atom is 0.289 e. The van der Waals surface area contributed by atoms with E-state index in [0.717, 1.165) is 0 Å². The molecule has 9 nitrogen and oxygen atoms in total. The van der Waals surface area contributed by atoms with Crippen molar-refractivity contribution in [1.29, 1.82) is 0 Å². The Bertz CT molecular complexity index is 989. The van der Waals surface area contributed by atoms with Crippen LogP contribution in [0, 0.1) is 5.92 Å². The molecule has 0 bridgehead atoms. The molecule has 0 aliphatic carbocycles. The molecule has 1 aromatic heterocycles. The fourth-order valence-corrected chi connectivity index (χ4v) is 4.74. The van der Waals surface area contributed by atoms with Crippen molar-refractivity contribution < 1.29 is 27.2 Å². The van der Waals surface area contributed by atoms with Crippen LogP contribution in [-0.4, -0.2) is 58.0 Å². The number of likely N-dealkylation sites (tertiary alicyclic amines) is 1. The van der Waals surface area contributed by atoms with Crippen LogP contribution < -0.4 is 10.0 Å². The van der Waals surface area contributed by atoms with Crippen LogP contribution in [0.5, 0.6) is 0 Å². The third-order valence-corrected chi connectivity index (χ3v) is 6.62. The van der Waals surface area contributed by atoms with Crippen LogP contribution in [0.3, 0.4) is 0 Å².